The Bertz CT molecular complexity index is 992. The monoisotopic (exact) mass is 531 g/mol. The third kappa shape index (κ3) is 11.3. The SMILES string of the molecule is CCCN(CCC)C(=O)CCCC(=O)N[C@@H](Cc1cc(F)cc(F)c1)[C@H](O)CNCc1cccc(CC)c1. The second-order valence-corrected chi connectivity index (χ2v) is 9.76. The van der Waals surface area contributed by atoms with Gasteiger partial charge in [-0.3, -0.25) is 9.59 Å². The van der Waals surface area contributed by atoms with Gasteiger partial charge in [0.2, 0.25) is 11.8 Å². The summed E-state index contributed by atoms with van der Waals surface area (Å²) in [6.45, 7) is 8.25. The Morgan fingerprint density at radius 1 is 0.921 bits per heavy atom. The number of carbonyl (C=O) groups excluding carboxylic acids is 2. The third-order valence-electron chi connectivity index (χ3n) is 6.41. The van der Waals surface area contributed by atoms with E-state index in [0.717, 1.165) is 30.9 Å². The fourth-order valence-electron chi connectivity index (χ4n) is 4.47. The van der Waals surface area contributed by atoms with E-state index in [9.17, 15) is 23.5 Å². The van der Waals surface area contributed by atoms with Crippen LogP contribution < -0.4 is 10.6 Å². The lowest BCUT2D eigenvalue weighted by Crippen LogP contribution is -2.48. The van der Waals surface area contributed by atoms with Crippen LogP contribution in [-0.4, -0.2) is 53.6 Å². The zero-order valence-corrected chi connectivity index (χ0v) is 22.9. The van der Waals surface area contributed by atoms with Crippen molar-refractivity contribution in [1.82, 2.24) is 15.5 Å². The zero-order chi connectivity index (χ0) is 27.9. The van der Waals surface area contributed by atoms with Gasteiger partial charge in [-0.15, -0.1) is 0 Å². The van der Waals surface area contributed by atoms with Crippen LogP contribution in [0.2, 0.25) is 0 Å². The number of hydrogen-bond donors (Lipinski definition) is 3. The van der Waals surface area contributed by atoms with E-state index >= 15 is 0 Å². The number of aliphatic hydroxyl groups is 1. The average Bonchev–Trinajstić information content (AvgIpc) is 2.87. The highest BCUT2D eigenvalue weighted by Gasteiger charge is 2.23. The summed E-state index contributed by atoms with van der Waals surface area (Å²) < 4.78 is 27.5. The second kappa shape index (κ2) is 16.9. The van der Waals surface area contributed by atoms with E-state index in [1.807, 2.05) is 30.9 Å². The molecular weight excluding hydrogens is 488 g/mol. The van der Waals surface area contributed by atoms with Crippen molar-refractivity contribution in [1.29, 1.82) is 0 Å². The number of amides is 2. The molecule has 0 aliphatic rings. The molecule has 0 bridgehead atoms. The molecule has 0 heterocycles. The number of rotatable bonds is 17. The predicted molar refractivity (Wildman–Crippen MR) is 147 cm³/mol. The molecular formula is C30H43F2N3O3. The van der Waals surface area contributed by atoms with Crippen LogP contribution in [0.5, 0.6) is 0 Å². The summed E-state index contributed by atoms with van der Waals surface area (Å²) >= 11 is 0. The molecule has 0 saturated carbocycles. The molecule has 6 nitrogen and oxygen atoms in total. The fraction of sp³-hybridized carbons (Fsp3) is 0.533. The van der Waals surface area contributed by atoms with Crippen molar-refractivity contribution in [2.24, 2.45) is 0 Å². The molecule has 0 fully saturated rings. The van der Waals surface area contributed by atoms with Gasteiger partial charge in [0.25, 0.3) is 0 Å². The number of carbonyl (C=O) groups is 2. The number of benzene rings is 2. The maximum absolute atomic E-state index is 13.8. The third-order valence-corrected chi connectivity index (χ3v) is 6.41. The zero-order valence-electron chi connectivity index (χ0n) is 22.9. The number of aryl methyl sites for hydroxylation is 1. The first kappa shape index (κ1) is 31.4. The van der Waals surface area contributed by atoms with Crippen LogP contribution in [0, 0.1) is 11.6 Å². The predicted octanol–water partition coefficient (Wildman–Crippen LogP) is 4.52. The van der Waals surface area contributed by atoms with E-state index in [4.69, 9.17) is 0 Å². The fourth-order valence-corrected chi connectivity index (χ4v) is 4.47. The highest BCUT2D eigenvalue weighted by molar-refractivity contribution is 5.79. The molecule has 0 spiro atoms. The Labute approximate surface area is 225 Å². The van der Waals surface area contributed by atoms with Gasteiger partial charge in [0, 0.05) is 45.1 Å². The summed E-state index contributed by atoms with van der Waals surface area (Å²) in [5.74, 6) is -1.71. The quantitative estimate of drug-likeness (QED) is 0.280. The largest absolute Gasteiger partial charge is 0.390 e. The molecule has 2 atom stereocenters. The number of halogens is 2. The normalized spacial score (nSPS) is 12.7. The first-order valence-corrected chi connectivity index (χ1v) is 13.7. The van der Waals surface area contributed by atoms with Crippen molar-refractivity contribution in [3.05, 3.63) is 70.8 Å². The van der Waals surface area contributed by atoms with Crippen LogP contribution in [-0.2, 0) is 29.0 Å². The first-order valence-electron chi connectivity index (χ1n) is 13.7. The van der Waals surface area contributed by atoms with E-state index in [1.165, 1.54) is 17.7 Å². The van der Waals surface area contributed by atoms with Gasteiger partial charge >= 0.3 is 0 Å². The Morgan fingerprint density at radius 2 is 1.58 bits per heavy atom. The average molecular weight is 532 g/mol. The van der Waals surface area contributed by atoms with Crippen LogP contribution in [0.25, 0.3) is 0 Å². The second-order valence-electron chi connectivity index (χ2n) is 9.76. The topological polar surface area (TPSA) is 81.7 Å². The minimum atomic E-state index is -0.995. The highest BCUT2D eigenvalue weighted by atomic mass is 19.1. The van der Waals surface area contributed by atoms with Crippen molar-refractivity contribution in [2.45, 2.75) is 84.4 Å². The number of nitrogens with zero attached hydrogens (tertiary/aromatic N) is 1. The molecule has 0 radical (unpaired) electrons. The van der Waals surface area contributed by atoms with Crippen LogP contribution in [0.3, 0.4) is 0 Å². The summed E-state index contributed by atoms with van der Waals surface area (Å²) in [6.07, 6.45) is 2.53. The smallest absolute Gasteiger partial charge is 0.222 e. The lowest BCUT2D eigenvalue weighted by molar-refractivity contribution is -0.131. The van der Waals surface area contributed by atoms with Crippen molar-refractivity contribution in [2.75, 3.05) is 19.6 Å². The summed E-state index contributed by atoms with van der Waals surface area (Å²) in [6, 6.07) is 10.6. The summed E-state index contributed by atoms with van der Waals surface area (Å²) in [7, 11) is 0. The van der Waals surface area contributed by atoms with Crippen LogP contribution >= 0.6 is 0 Å². The highest BCUT2D eigenvalue weighted by Crippen LogP contribution is 2.13. The van der Waals surface area contributed by atoms with Gasteiger partial charge in [-0.2, -0.15) is 0 Å². The van der Waals surface area contributed by atoms with Gasteiger partial charge in [-0.1, -0.05) is 45.0 Å². The van der Waals surface area contributed by atoms with Crippen molar-refractivity contribution in [3.8, 4) is 0 Å². The van der Waals surface area contributed by atoms with Gasteiger partial charge < -0.3 is 20.6 Å². The molecule has 2 aromatic carbocycles. The molecule has 8 heteroatoms. The summed E-state index contributed by atoms with van der Waals surface area (Å²) in [4.78, 5) is 27.0. The maximum atomic E-state index is 13.8. The molecule has 2 amide bonds. The lowest BCUT2D eigenvalue weighted by Gasteiger charge is -2.25. The molecule has 0 unspecified atom stereocenters. The van der Waals surface area contributed by atoms with Crippen molar-refractivity contribution in [3.63, 3.8) is 0 Å². The van der Waals surface area contributed by atoms with Gasteiger partial charge in [-0.05, 0) is 60.9 Å². The summed E-state index contributed by atoms with van der Waals surface area (Å²) in [5.41, 5.74) is 2.63. The van der Waals surface area contributed by atoms with Crippen LogP contribution in [0.1, 0.15) is 69.6 Å². The Kier molecular flexibility index (Phi) is 13.9. The van der Waals surface area contributed by atoms with E-state index in [2.05, 4.69) is 29.7 Å². The van der Waals surface area contributed by atoms with Gasteiger partial charge in [0.15, 0.2) is 0 Å². The Hall–Kier alpha value is -2.84. The molecule has 0 aromatic heterocycles. The molecule has 2 aromatic rings. The van der Waals surface area contributed by atoms with Gasteiger partial charge in [-0.25, -0.2) is 8.78 Å². The first-order chi connectivity index (χ1) is 18.2. The number of nitrogens with one attached hydrogen (secondary N) is 2. The molecule has 38 heavy (non-hydrogen) atoms. The molecule has 0 aliphatic heterocycles. The Morgan fingerprint density at radius 3 is 2.21 bits per heavy atom. The molecule has 2 rings (SSSR count). The van der Waals surface area contributed by atoms with Crippen LogP contribution in [0.15, 0.2) is 42.5 Å². The van der Waals surface area contributed by atoms with Gasteiger partial charge in [0.05, 0.1) is 12.1 Å². The molecule has 3 N–H and O–H groups in total. The van der Waals surface area contributed by atoms with Crippen molar-refractivity contribution < 1.29 is 23.5 Å². The number of hydrogen-bond acceptors (Lipinski definition) is 4. The lowest BCUT2D eigenvalue weighted by atomic mass is 10.00. The standard InChI is InChI=1S/C30H43F2N3O3/c1-4-13-35(14-5-2)30(38)12-8-11-29(37)34-27(18-24-16-25(31)19-26(32)17-24)28(36)21-33-20-23-10-7-9-22(6-3)15-23/h7,9-10,15-17,19,27-28,33,36H,4-6,8,11-14,18,20-21H2,1-3H3,(H,34,37)/t27-,28+/m0/s1. The van der Waals surface area contributed by atoms with E-state index in [0.29, 0.717) is 31.6 Å². The van der Waals surface area contributed by atoms with Crippen LogP contribution in [0.4, 0.5) is 8.78 Å². The molecule has 0 aliphatic carbocycles. The molecule has 210 valence electrons. The maximum Gasteiger partial charge on any atom is 0.222 e. The molecule has 0 saturated heterocycles. The van der Waals surface area contributed by atoms with E-state index in [-0.39, 0.29) is 37.6 Å². The summed E-state index contributed by atoms with van der Waals surface area (Å²) in [5, 5.41) is 17.0. The minimum Gasteiger partial charge on any atom is -0.390 e. The van der Waals surface area contributed by atoms with E-state index in [1.54, 1.807) is 0 Å². The minimum absolute atomic E-state index is 0.0321. The van der Waals surface area contributed by atoms with Crippen molar-refractivity contribution >= 4 is 11.8 Å². The Balaban J connectivity index is 1.97. The van der Waals surface area contributed by atoms with E-state index < -0.39 is 23.8 Å². The van der Waals surface area contributed by atoms with Gasteiger partial charge in [0.1, 0.15) is 11.6 Å². The number of aliphatic hydroxyl groups excluding tert-OH is 1.